The zero-order chi connectivity index (χ0) is 19.3. The Kier molecular flexibility index (Phi) is 4.68. The zero-order valence-electron chi connectivity index (χ0n) is 15.8. The Hall–Kier alpha value is -1.47. The number of amides is 1. The highest BCUT2D eigenvalue weighted by Crippen LogP contribution is 2.65. The minimum atomic E-state index is -3.83. The summed E-state index contributed by atoms with van der Waals surface area (Å²) in [5.41, 5.74) is 0.221. The monoisotopic (exact) mass is 382 g/mol. The lowest BCUT2D eigenvalue weighted by atomic mass is 9.69. The molecular weight excluding hydrogens is 355 g/mol. The quantitative estimate of drug-likeness (QED) is 0.852. The van der Waals surface area contributed by atoms with Gasteiger partial charge >= 0.3 is 0 Å². The normalized spacial score (nSPS) is 29.9. The van der Waals surface area contributed by atoms with Crippen molar-refractivity contribution in [2.24, 2.45) is 16.7 Å². The summed E-state index contributed by atoms with van der Waals surface area (Å²) >= 11 is 0. The first-order valence-electron chi connectivity index (χ1n) is 9.00. The third-order valence-corrected chi connectivity index (χ3v) is 8.83. The number of hydrogen-bond acceptors (Lipinski definition) is 3. The topological polar surface area (TPSA) is 66.5 Å². The molecule has 0 heterocycles. The van der Waals surface area contributed by atoms with Gasteiger partial charge in [0.15, 0.2) is 0 Å². The number of likely N-dealkylation sites (N-methyl/N-ethyl adjacent to an activating group) is 1. The maximum atomic E-state index is 13.0. The van der Waals surface area contributed by atoms with Crippen LogP contribution < -0.4 is 5.32 Å². The summed E-state index contributed by atoms with van der Waals surface area (Å²) < 4.78 is 39.1. The van der Waals surface area contributed by atoms with Gasteiger partial charge in [0.2, 0.25) is 15.9 Å². The van der Waals surface area contributed by atoms with Gasteiger partial charge in [-0.2, -0.15) is 4.31 Å². The molecule has 2 aliphatic rings. The van der Waals surface area contributed by atoms with Gasteiger partial charge < -0.3 is 5.32 Å². The van der Waals surface area contributed by atoms with E-state index in [1.807, 2.05) is 0 Å². The lowest BCUT2D eigenvalue weighted by molar-refractivity contribution is -0.122. The van der Waals surface area contributed by atoms with Gasteiger partial charge in [-0.3, -0.25) is 4.79 Å². The van der Waals surface area contributed by atoms with E-state index in [0.717, 1.165) is 29.3 Å². The van der Waals surface area contributed by atoms with Gasteiger partial charge in [0.25, 0.3) is 0 Å². The molecule has 0 aromatic heterocycles. The van der Waals surface area contributed by atoms with Crippen LogP contribution in [0.15, 0.2) is 29.2 Å². The van der Waals surface area contributed by atoms with Crippen molar-refractivity contribution in [2.75, 3.05) is 13.6 Å². The number of nitrogens with one attached hydrogen (secondary N) is 1. The van der Waals surface area contributed by atoms with Crippen LogP contribution in [-0.2, 0) is 14.8 Å². The molecular formula is C19H27FN2O3S. The standard InChI is InChI=1S/C19H27FN2O3S/c1-18(2)13-9-10-19(18,3)16(11-13)21-17(23)12-22(4)26(24,25)15-7-5-14(20)6-8-15/h5-8,13,16H,9-12H2,1-4H3,(H,21,23). The molecule has 3 rings (SSSR count). The third kappa shape index (κ3) is 2.95. The summed E-state index contributed by atoms with van der Waals surface area (Å²) in [5.74, 6) is -0.206. The zero-order valence-corrected chi connectivity index (χ0v) is 16.6. The van der Waals surface area contributed by atoms with Crippen molar-refractivity contribution in [3.63, 3.8) is 0 Å². The van der Waals surface area contributed by atoms with Crippen molar-refractivity contribution < 1.29 is 17.6 Å². The molecule has 7 heteroatoms. The Morgan fingerprint density at radius 1 is 1.27 bits per heavy atom. The second-order valence-corrected chi connectivity index (χ2v) is 10.5. The predicted molar refractivity (Wildman–Crippen MR) is 97.4 cm³/mol. The van der Waals surface area contributed by atoms with E-state index in [4.69, 9.17) is 0 Å². The molecule has 2 aliphatic carbocycles. The first kappa shape index (κ1) is 19.3. The van der Waals surface area contributed by atoms with E-state index in [1.54, 1.807) is 0 Å². The Morgan fingerprint density at radius 3 is 2.38 bits per heavy atom. The van der Waals surface area contributed by atoms with Gasteiger partial charge in [-0.05, 0) is 60.3 Å². The van der Waals surface area contributed by atoms with Crippen molar-refractivity contribution in [3.8, 4) is 0 Å². The van der Waals surface area contributed by atoms with Gasteiger partial charge in [-0.15, -0.1) is 0 Å². The smallest absolute Gasteiger partial charge is 0.243 e. The number of nitrogens with zero attached hydrogens (tertiary/aromatic N) is 1. The molecule has 1 N–H and O–H groups in total. The van der Waals surface area contributed by atoms with Crippen LogP contribution in [0, 0.1) is 22.6 Å². The SMILES string of the molecule is CN(CC(=O)NC1CC2CCC1(C)C2(C)C)S(=O)(=O)c1ccc(F)cc1. The molecule has 0 radical (unpaired) electrons. The maximum absolute atomic E-state index is 13.0. The van der Waals surface area contributed by atoms with E-state index in [1.165, 1.54) is 25.6 Å². The van der Waals surface area contributed by atoms with Crippen LogP contribution >= 0.6 is 0 Å². The minimum absolute atomic E-state index is 0.0257. The number of fused-ring (bicyclic) bond motifs is 2. The van der Waals surface area contributed by atoms with E-state index >= 15 is 0 Å². The van der Waals surface area contributed by atoms with Crippen LogP contribution in [0.2, 0.25) is 0 Å². The van der Waals surface area contributed by atoms with E-state index in [2.05, 4.69) is 26.1 Å². The molecule has 0 saturated heterocycles. The minimum Gasteiger partial charge on any atom is -0.352 e. The fourth-order valence-corrected chi connectivity index (χ4v) is 5.86. The summed E-state index contributed by atoms with van der Waals surface area (Å²) in [6, 6.07) is 4.68. The molecule has 0 aliphatic heterocycles. The van der Waals surface area contributed by atoms with Crippen molar-refractivity contribution >= 4 is 15.9 Å². The molecule has 144 valence electrons. The molecule has 1 amide bonds. The van der Waals surface area contributed by atoms with Gasteiger partial charge in [-0.25, -0.2) is 12.8 Å². The molecule has 5 nitrogen and oxygen atoms in total. The number of sulfonamides is 1. The number of benzene rings is 1. The van der Waals surface area contributed by atoms with Crippen molar-refractivity contribution in [3.05, 3.63) is 30.1 Å². The highest BCUT2D eigenvalue weighted by Gasteiger charge is 2.61. The number of hydrogen-bond donors (Lipinski definition) is 1. The van der Waals surface area contributed by atoms with Crippen LogP contribution in [0.4, 0.5) is 4.39 Å². The highest BCUT2D eigenvalue weighted by atomic mass is 32.2. The summed E-state index contributed by atoms with van der Waals surface area (Å²) in [7, 11) is -2.46. The number of halogens is 1. The molecule has 2 fully saturated rings. The lowest BCUT2D eigenvalue weighted by Crippen LogP contribution is -2.49. The van der Waals surface area contributed by atoms with Crippen molar-refractivity contribution in [2.45, 2.75) is 51.0 Å². The predicted octanol–water partition coefficient (Wildman–Crippen LogP) is 2.78. The van der Waals surface area contributed by atoms with E-state index < -0.39 is 15.8 Å². The summed E-state index contributed by atoms with van der Waals surface area (Å²) in [6.07, 6.45) is 3.22. The largest absolute Gasteiger partial charge is 0.352 e. The van der Waals surface area contributed by atoms with Crippen molar-refractivity contribution in [1.82, 2.24) is 9.62 Å². The fourth-order valence-electron chi connectivity index (χ4n) is 4.74. The Balaban J connectivity index is 1.66. The molecule has 26 heavy (non-hydrogen) atoms. The number of carbonyl (C=O) groups is 1. The van der Waals surface area contributed by atoms with Gasteiger partial charge in [0.1, 0.15) is 5.82 Å². The van der Waals surface area contributed by atoms with Gasteiger partial charge in [-0.1, -0.05) is 20.8 Å². The fraction of sp³-hybridized carbons (Fsp3) is 0.632. The van der Waals surface area contributed by atoms with E-state index in [-0.39, 0.29) is 34.2 Å². The average molecular weight is 383 g/mol. The molecule has 3 atom stereocenters. The van der Waals surface area contributed by atoms with Crippen LogP contribution in [-0.4, -0.2) is 38.3 Å². The van der Waals surface area contributed by atoms with E-state index in [0.29, 0.717) is 5.92 Å². The molecule has 2 saturated carbocycles. The number of rotatable bonds is 5. The average Bonchev–Trinajstić information content (AvgIpc) is 2.88. The van der Waals surface area contributed by atoms with Crippen LogP contribution in [0.5, 0.6) is 0 Å². The second-order valence-electron chi connectivity index (χ2n) is 8.45. The first-order chi connectivity index (χ1) is 12.0. The molecule has 1 aromatic rings. The summed E-state index contributed by atoms with van der Waals surface area (Å²) in [6.45, 7) is 6.51. The molecule has 2 bridgehead atoms. The van der Waals surface area contributed by atoms with Crippen LogP contribution in [0.25, 0.3) is 0 Å². The molecule has 3 unspecified atom stereocenters. The summed E-state index contributed by atoms with van der Waals surface area (Å²) in [5, 5.41) is 3.06. The molecule has 1 aromatic carbocycles. The van der Waals surface area contributed by atoms with E-state index in [9.17, 15) is 17.6 Å². The van der Waals surface area contributed by atoms with Crippen LogP contribution in [0.3, 0.4) is 0 Å². The second kappa shape index (κ2) is 6.30. The number of carbonyl (C=O) groups excluding carboxylic acids is 1. The Labute approximate surface area is 155 Å². The van der Waals surface area contributed by atoms with Crippen LogP contribution in [0.1, 0.15) is 40.0 Å². The summed E-state index contributed by atoms with van der Waals surface area (Å²) in [4.78, 5) is 12.5. The van der Waals surface area contributed by atoms with Gasteiger partial charge in [0.05, 0.1) is 11.4 Å². The first-order valence-corrected chi connectivity index (χ1v) is 10.4. The molecule has 0 spiro atoms. The van der Waals surface area contributed by atoms with Crippen molar-refractivity contribution in [1.29, 1.82) is 0 Å². The Bertz CT molecular complexity index is 807. The lowest BCUT2D eigenvalue weighted by Gasteiger charge is -2.39. The third-order valence-electron chi connectivity index (χ3n) is 7.02. The Morgan fingerprint density at radius 2 is 1.88 bits per heavy atom. The maximum Gasteiger partial charge on any atom is 0.243 e. The van der Waals surface area contributed by atoms with Gasteiger partial charge in [0, 0.05) is 13.1 Å². The highest BCUT2D eigenvalue weighted by molar-refractivity contribution is 7.89.